The van der Waals surface area contributed by atoms with E-state index in [2.05, 4.69) is 0 Å². The molecule has 0 aromatic heterocycles. The average molecular weight is 378 g/mol. The number of benzene rings is 1. The van der Waals surface area contributed by atoms with E-state index in [1.54, 1.807) is 26.0 Å². The van der Waals surface area contributed by atoms with E-state index in [-0.39, 0.29) is 11.3 Å². The lowest BCUT2D eigenvalue weighted by molar-refractivity contribution is -0.127. The number of methoxy groups -OCH3 is 1. The third-order valence-corrected chi connectivity index (χ3v) is 5.03. The van der Waals surface area contributed by atoms with E-state index in [1.165, 1.54) is 13.2 Å². The zero-order valence-electron chi connectivity index (χ0n) is 16.6. The number of cyclic esters (lactones) is 1. The quantitative estimate of drug-likeness (QED) is 0.587. The van der Waals surface area contributed by atoms with Gasteiger partial charge in [0.15, 0.2) is 0 Å². The molecule has 0 unspecified atom stereocenters. The maximum Gasteiger partial charge on any atom is 0.525 e. The Kier molecular flexibility index (Phi) is 4.55. The van der Waals surface area contributed by atoms with Crippen molar-refractivity contribution in [1.82, 2.24) is 0 Å². The molecular weight excluding hydrogens is 354 g/mol. The molecule has 0 aliphatic carbocycles. The number of esters is 1. The Labute approximate surface area is 158 Å². The van der Waals surface area contributed by atoms with Gasteiger partial charge in [0.2, 0.25) is 5.79 Å². The summed E-state index contributed by atoms with van der Waals surface area (Å²) in [7, 11) is 0.291. The molecule has 2 heterocycles. The van der Waals surface area contributed by atoms with Gasteiger partial charge >= 0.3 is 13.1 Å². The predicted octanol–water partition coefficient (Wildman–Crippen LogP) is 3.92. The van der Waals surface area contributed by atoms with E-state index in [4.69, 9.17) is 23.5 Å². The Morgan fingerprint density at radius 2 is 1.67 bits per heavy atom. The lowest BCUT2D eigenvalue weighted by Gasteiger charge is -2.33. The van der Waals surface area contributed by atoms with Crippen molar-refractivity contribution in [3.8, 4) is 11.5 Å². The third-order valence-electron chi connectivity index (χ3n) is 5.03. The van der Waals surface area contributed by atoms with Crippen LogP contribution in [-0.4, -0.2) is 37.2 Å². The van der Waals surface area contributed by atoms with Gasteiger partial charge in [-0.2, -0.15) is 0 Å². The number of rotatable bonds is 3. The molecule has 1 fully saturated rings. The van der Waals surface area contributed by atoms with E-state index < -0.39 is 35.8 Å². The molecule has 0 spiro atoms. The number of halogens is 1. The van der Waals surface area contributed by atoms with Gasteiger partial charge in [0.1, 0.15) is 22.8 Å². The predicted molar refractivity (Wildman–Crippen MR) is 98.3 cm³/mol. The van der Waals surface area contributed by atoms with Crippen LogP contribution in [0.4, 0.5) is 4.39 Å². The average Bonchev–Trinajstić information content (AvgIpc) is 2.75. The molecule has 146 valence electrons. The molecule has 27 heavy (non-hydrogen) atoms. The molecule has 6 nitrogen and oxygen atoms in total. The summed E-state index contributed by atoms with van der Waals surface area (Å²) in [4.78, 5) is 12.4. The molecule has 0 bridgehead atoms. The summed E-state index contributed by atoms with van der Waals surface area (Å²) in [6.07, 6.45) is 1.25. The highest BCUT2D eigenvalue weighted by atomic mass is 19.1. The SMILES string of the molecule is COc1ccc(C=C(F)B2OC(C)(C)C(C)(C)O2)c2c1C(=O)OC(C)(C)O2. The van der Waals surface area contributed by atoms with Crippen molar-refractivity contribution in [3.63, 3.8) is 0 Å². The standard InChI is InChI=1S/C19H24BFO6/c1-17(2)18(3,4)27-20(26-17)13(21)10-11-8-9-12(23-7)14-15(11)24-19(5,6)25-16(14)22/h8-10H,1-7H3. The van der Waals surface area contributed by atoms with Crippen LogP contribution in [0.15, 0.2) is 17.9 Å². The molecule has 0 amide bonds. The number of ether oxygens (including phenoxy) is 3. The van der Waals surface area contributed by atoms with Gasteiger partial charge < -0.3 is 23.5 Å². The Hall–Kier alpha value is -2.06. The van der Waals surface area contributed by atoms with Crippen molar-refractivity contribution in [1.29, 1.82) is 0 Å². The van der Waals surface area contributed by atoms with Gasteiger partial charge in [0, 0.05) is 19.4 Å². The van der Waals surface area contributed by atoms with Crippen LogP contribution in [0.3, 0.4) is 0 Å². The normalized spacial score (nSPS) is 22.7. The molecule has 1 aromatic rings. The van der Waals surface area contributed by atoms with Crippen LogP contribution in [0.5, 0.6) is 11.5 Å². The molecule has 1 saturated heterocycles. The summed E-state index contributed by atoms with van der Waals surface area (Å²) >= 11 is 0. The molecule has 1 aromatic carbocycles. The summed E-state index contributed by atoms with van der Waals surface area (Å²) in [5, 5.41) is 0. The van der Waals surface area contributed by atoms with Crippen molar-refractivity contribution in [2.24, 2.45) is 0 Å². The van der Waals surface area contributed by atoms with Gasteiger partial charge in [-0.1, -0.05) is 0 Å². The zero-order chi connectivity index (χ0) is 20.2. The zero-order valence-corrected chi connectivity index (χ0v) is 16.6. The van der Waals surface area contributed by atoms with Crippen LogP contribution in [-0.2, 0) is 14.0 Å². The van der Waals surface area contributed by atoms with Crippen LogP contribution in [0.2, 0.25) is 0 Å². The smallest absolute Gasteiger partial charge is 0.496 e. The van der Waals surface area contributed by atoms with Crippen molar-refractivity contribution in [2.75, 3.05) is 7.11 Å². The van der Waals surface area contributed by atoms with E-state index in [1.807, 2.05) is 27.7 Å². The fourth-order valence-corrected chi connectivity index (χ4v) is 2.88. The van der Waals surface area contributed by atoms with E-state index >= 15 is 0 Å². The number of carbonyl (C=O) groups is 1. The number of fused-ring (bicyclic) bond motifs is 1. The first kappa shape index (κ1) is 19.7. The molecule has 3 rings (SSSR count). The van der Waals surface area contributed by atoms with Gasteiger partial charge in [-0.05, 0) is 45.9 Å². The number of hydrogen-bond donors (Lipinski definition) is 0. The first-order valence-electron chi connectivity index (χ1n) is 8.73. The second-order valence-corrected chi connectivity index (χ2v) is 8.07. The summed E-state index contributed by atoms with van der Waals surface area (Å²) in [5.74, 6) is -1.29. The summed E-state index contributed by atoms with van der Waals surface area (Å²) in [5.41, 5.74) is -1.47. The summed E-state index contributed by atoms with van der Waals surface area (Å²) in [6, 6.07) is 3.17. The van der Waals surface area contributed by atoms with E-state index in [9.17, 15) is 9.18 Å². The lowest BCUT2D eigenvalue weighted by atomic mass is 9.86. The molecule has 0 radical (unpaired) electrons. The second kappa shape index (κ2) is 6.24. The Balaban J connectivity index is 2.02. The monoisotopic (exact) mass is 378 g/mol. The van der Waals surface area contributed by atoms with Crippen LogP contribution >= 0.6 is 0 Å². The number of hydrogen-bond acceptors (Lipinski definition) is 6. The Morgan fingerprint density at radius 1 is 1.07 bits per heavy atom. The van der Waals surface area contributed by atoms with Crippen molar-refractivity contribution < 1.29 is 32.7 Å². The van der Waals surface area contributed by atoms with Gasteiger partial charge in [-0.25, -0.2) is 9.18 Å². The minimum atomic E-state index is -1.18. The van der Waals surface area contributed by atoms with E-state index in [0.717, 1.165) is 0 Å². The van der Waals surface area contributed by atoms with Crippen molar-refractivity contribution >= 4 is 19.2 Å². The van der Waals surface area contributed by atoms with Crippen LogP contribution < -0.4 is 9.47 Å². The molecular formula is C19H24BFO6. The minimum absolute atomic E-state index is 0.118. The first-order valence-corrected chi connectivity index (χ1v) is 8.73. The third kappa shape index (κ3) is 3.43. The maximum atomic E-state index is 14.9. The highest BCUT2D eigenvalue weighted by Crippen LogP contribution is 2.42. The maximum absolute atomic E-state index is 14.9. The molecule has 8 heteroatoms. The van der Waals surface area contributed by atoms with Crippen LogP contribution in [0, 0.1) is 0 Å². The van der Waals surface area contributed by atoms with Gasteiger partial charge in [0.25, 0.3) is 0 Å². The topological polar surface area (TPSA) is 63.2 Å². The highest BCUT2D eigenvalue weighted by Gasteiger charge is 2.53. The largest absolute Gasteiger partial charge is 0.525 e. The first-order chi connectivity index (χ1) is 12.4. The summed E-state index contributed by atoms with van der Waals surface area (Å²) in [6.45, 7) is 10.6. The Morgan fingerprint density at radius 3 is 2.22 bits per heavy atom. The Bertz CT molecular complexity index is 799. The fraction of sp³-hybridized carbons (Fsp3) is 0.526. The summed E-state index contributed by atoms with van der Waals surface area (Å²) < 4.78 is 42.6. The molecule has 2 aliphatic rings. The van der Waals surface area contributed by atoms with Crippen LogP contribution in [0.25, 0.3) is 6.08 Å². The molecule has 0 saturated carbocycles. The van der Waals surface area contributed by atoms with Gasteiger partial charge in [-0.3, -0.25) is 0 Å². The fourth-order valence-electron chi connectivity index (χ4n) is 2.88. The second-order valence-electron chi connectivity index (χ2n) is 8.07. The van der Waals surface area contributed by atoms with E-state index in [0.29, 0.717) is 11.3 Å². The molecule has 0 atom stereocenters. The highest BCUT2D eigenvalue weighted by molar-refractivity contribution is 6.54. The van der Waals surface area contributed by atoms with Crippen molar-refractivity contribution in [2.45, 2.75) is 58.5 Å². The molecule has 0 N–H and O–H groups in total. The minimum Gasteiger partial charge on any atom is -0.496 e. The number of carbonyl (C=O) groups excluding carboxylic acids is 1. The van der Waals surface area contributed by atoms with Crippen LogP contribution in [0.1, 0.15) is 57.5 Å². The lowest BCUT2D eigenvalue weighted by Crippen LogP contribution is -2.41. The van der Waals surface area contributed by atoms with Crippen molar-refractivity contribution in [3.05, 3.63) is 29.0 Å². The van der Waals surface area contributed by atoms with Gasteiger partial charge in [-0.15, -0.1) is 0 Å². The van der Waals surface area contributed by atoms with Gasteiger partial charge in [0.05, 0.1) is 18.3 Å². The molecule has 2 aliphatic heterocycles.